The molecule has 1 rings (SSSR count). The molecule has 1 N–H and O–H groups in total. The van der Waals surface area contributed by atoms with Crippen molar-refractivity contribution in [3.8, 4) is 0 Å². The molecule has 2 heteroatoms. The van der Waals surface area contributed by atoms with Gasteiger partial charge in [-0.1, -0.05) is 47.5 Å². The van der Waals surface area contributed by atoms with Gasteiger partial charge in [-0.3, -0.25) is 0 Å². The van der Waals surface area contributed by atoms with Gasteiger partial charge in [0.05, 0.1) is 0 Å². The van der Waals surface area contributed by atoms with Crippen LogP contribution in [0, 0.1) is 17.8 Å². The largest absolute Gasteiger partial charge is 0.314 e. The topological polar surface area (TPSA) is 15.3 Å². The fourth-order valence-electron chi connectivity index (χ4n) is 4.01. The molecule has 0 aromatic rings. The highest BCUT2D eigenvalue weighted by molar-refractivity contribution is 4.86. The molecule has 0 bridgehead atoms. The molecule has 0 heterocycles. The second kappa shape index (κ2) is 10.6. The molecule has 1 fully saturated rings. The molecule has 2 nitrogen and oxygen atoms in total. The fourth-order valence-corrected chi connectivity index (χ4v) is 4.01. The zero-order valence-electron chi connectivity index (χ0n) is 15.3. The van der Waals surface area contributed by atoms with Crippen molar-refractivity contribution in [2.45, 2.75) is 79.2 Å². The Morgan fingerprint density at radius 1 is 1.10 bits per heavy atom. The van der Waals surface area contributed by atoms with Crippen LogP contribution in [-0.2, 0) is 0 Å². The molecule has 0 spiro atoms. The molecule has 1 saturated carbocycles. The Morgan fingerprint density at radius 3 is 2.43 bits per heavy atom. The van der Waals surface area contributed by atoms with Crippen LogP contribution in [0.2, 0.25) is 0 Å². The van der Waals surface area contributed by atoms with Crippen molar-refractivity contribution >= 4 is 0 Å². The number of hydrogen-bond acceptors (Lipinski definition) is 2. The number of nitrogens with zero attached hydrogens (tertiary/aromatic N) is 1. The lowest BCUT2D eigenvalue weighted by Gasteiger charge is -2.39. The lowest BCUT2D eigenvalue weighted by Crippen LogP contribution is -2.46. The van der Waals surface area contributed by atoms with Crippen LogP contribution in [0.4, 0.5) is 0 Å². The van der Waals surface area contributed by atoms with Gasteiger partial charge < -0.3 is 10.2 Å². The van der Waals surface area contributed by atoms with Crippen molar-refractivity contribution < 1.29 is 0 Å². The second-order valence-electron chi connectivity index (χ2n) is 7.53. The van der Waals surface area contributed by atoms with Gasteiger partial charge in [0.15, 0.2) is 0 Å². The van der Waals surface area contributed by atoms with Crippen LogP contribution >= 0.6 is 0 Å². The summed E-state index contributed by atoms with van der Waals surface area (Å²) in [5.74, 6) is 2.63. The van der Waals surface area contributed by atoms with Crippen LogP contribution in [-0.4, -0.2) is 37.1 Å². The summed E-state index contributed by atoms with van der Waals surface area (Å²) in [6.45, 7) is 16.6. The summed E-state index contributed by atoms with van der Waals surface area (Å²) in [6.07, 6.45) is 8.34. The molecule has 1 aliphatic rings. The Balaban J connectivity index is 2.58. The Bertz CT molecular complexity index is 252. The quantitative estimate of drug-likeness (QED) is 0.636. The lowest BCUT2D eigenvalue weighted by atomic mass is 9.76. The summed E-state index contributed by atoms with van der Waals surface area (Å²) in [5, 5.41) is 3.84. The molecule has 0 radical (unpaired) electrons. The highest BCUT2D eigenvalue weighted by atomic mass is 15.1. The molecule has 0 amide bonds. The fraction of sp³-hybridized carbons (Fsp3) is 1.00. The third-order valence-corrected chi connectivity index (χ3v) is 5.01. The number of nitrogens with one attached hydrogen (secondary N) is 1. The van der Waals surface area contributed by atoms with Crippen LogP contribution in [0.3, 0.4) is 0 Å². The van der Waals surface area contributed by atoms with Crippen LogP contribution in [0.1, 0.15) is 73.1 Å². The summed E-state index contributed by atoms with van der Waals surface area (Å²) in [4.78, 5) is 2.68. The summed E-state index contributed by atoms with van der Waals surface area (Å²) in [5.41, 5.74) is 0. The zero-order chi connectivity index (χ0) is 15.7. The molecule has 126 valence electrons. The first-order chi connectivity index (χ1) is 10.1. The molecule has 3 unspecified atom stereocenters. The number of rotatable bonds is 10. The van der Waals surface area contributed by atoms with Gasteiger partial charge in [-0.05, 0) is 56.5 Å². The van der Waals surface area contributed by atoms with Crippen molar-refractivity contribution in [2.75, 3.05) is 26.2 Å². The normalized spacial score (nSPS) is 26.7. The van der Waals surface area contributed by atoms with E-state index in [0.717, 1.165) is 23.8 Å². The van der Waals surface area contributed by atoms with Gasteiger partial charge in [0.25, 0.3) is 0 Å². The van der Waals surface area contributed by atoms with Gasteiger partial charge in [-0.25, -0.2) is 0 Å². The lowest BCUT2D eigenvalue weighted by molar-refractivity contribution is 0.131. The number of hydrogen-bond donors (Lipinski definition) is 1. The molecule has 0 aromatic heterocycles. The standard InChI is InChI=1S/C19H40N2/c1-6-9-17-10-11-19(20-12-7-2)18(13-17)15-21(8-3)14-16(4)5/h16-20H,6-15H2,1-5H3. The van der Waals surface area contributed by atoms with Crippen molar-refractivity contribution in [1.29, 1.82) is 0 Å². The highest BCUT2D eigenvalue weighted by Crippen LogP contribution is 2.33. The van der Waals surface area contributed by atoms with E-state index in [9.17, 15) is 0 Å². The summed E-state index contributed by atoms with van der Waals surface area (Å²) in [7, 11) is 0. The van der Waals surface area contributed by atoms with E-state index >= 15 is 0 Å². The summed E-state index contributed by atoms with van der Waals surface area (Å²) < 4.78 is 0. The van der Waals surface area contributed by atoms with Gasteiger partial charge in [0, 0.05) is 19.1 Å². The molecule has 0 aliphatic heterocycles. The Hall–Kier alpha value is -0.0800. The van der Waals surface area contributed by atoms with E-state index in [1.54, 1.807) is 0 Å². The third kappa shape index (κ3) is 7.15. The SMILES string of the molecule is CCCNC1CCC(CCC)CC1CN(CC)CC(C)C. The first-order valence-electron chi connectivity index (χ1n) is 9.56. The molecule has 3 atom stereocenters. The van der Waals surface area contributed by atoms with Crippen molar-refractivity contribution in [1.82, 2.24) is 10.2 Å². The van der Waals surface area contributed by atoms with E-state index in [1.165, 1.54) is 64.7 Å². The molecule has 21 heavy (non-hydrogen) atoms. The second-order valence-corrected chi connectivity index (χ2v) is 7.53. The third-order valence-electron chi connectivity index (χ3n) is 5.01. The van der Waals surface area contributed by atoms with Crippen LogP contribution in [0.25, 0.3) is 0 Å². The van der Waals surface area contributed by atoms with Gasteiger partial charge >= 0.3 is 0 Å². The average molecular weight is 297 g/mol. The Morgan fingerprint density at radius 2 is 1.86 bits per heavy atom. The van der Waals surface area contributed by atoms with Gasteiger partial charge in [-0.2, -0.15) is 0 Å². The van der Waals surface area contributed by atoms with E-state index in [-0.39, 0.29) is 0 Å². The van der Waals surface area contributed by atoms with Crippen molar-refractivity contribution in [3.05, 3.63) is 0 Å². The first-order valence-corrected chi connectivity index (χ1v) is 9.56. The molecule has 0 saturated heterocycles. The molecular formula is C19H40N2. The summed E-state index contributed by atoms with van der Waals surface area (Å²) >= 11 is 0. The minimum Gasteiger partial charge on any atom is -0.314 e. The molecule has 0 aromatic carbocycles. The van der Waals surface area contributed by atoms with E-state index in [2.05, 4.69) is 44.8 Å². The summed E-state index contributed by atoms with van der Waals surface area (Å²) in [6, 6.07) is 0.763. The predicted octanol–water partition coefficient (Wildman–Crippen LogP) is 4.55. The van der Waals surface area contributed by atoms with E-state index in [0.29, 0.717) is 0 Å². The van der Waals surface area contributed by atoms with E-state index < -0.39 is 0 Å². The van der Waals surface area contributed by atoms with Gasteiger partial charge in [0.2, 0.25) is 0 Å². The zero-order valence-corrected chi connectivity index (χ0v) is 15.3. The Labute approximate surface area is 134 Å². The highest BCUT2D eigenvalue weighted by Gasteiger charge is 2.30. The maximum absolute atomic E-state index is 3.84. The minimum atomic E-state index is 0.763. The van der Waals surface area contributed by atoms with E-state index in [1.807, 2.05) is 0 Å². The molecular weight excluding hydrogens is 256 g/mol. The first kappa shape index (κ1) is 19.0. The Kier molecular flexibility index (Phi) is 9.59. The predicted molar refractivity (Wildman–Crippen MR) is 94.8 cm³/mol. The van der Waals surface area contributed by atoms with E-state index in [4.69, 9.17) is 0 Å². The monoisotopic (exact) mass is 296 g/mol. The molecule has 1 aliphatic carbocycles. The minimum absolute atomic E-state index is 0.763. The van der Waals surface area contributed by atoms with Crippen LogP contribution in [0.15, 0.2) is 0 Å². The van der Waals surface area contributed by atoms with Gasteiger partial charge in [-0.15, -0.1) is 0 Å². The average Bonchev–Trinajstić information content (AvgIpc) is 2.45. The maximum Gasteiger partial charge on any atom is 0.0108 e. The van der Waals surface area contributed by atoms with Crippen LogP contribution in [0.5, 0.6) is 0 Å². The van der Waals surface area contributed by atoms with Crippen molar-refractivity contribution in [2.24, 2.45) is 17.8 Å². The van der Waals surface area contributed by atoms with Crippen LogP contribution < -0.4 is 5.32 Å². The maximum atomic E-state index is 3.84. The van der Waals surface area contributed by atoms with Crippen molar-refractivity contribution in [3.63, 3.8) is 0 Å². The van der Waals surface area contributed by atoms with Gasteiger partial charge in [0.1, 0.15) is 0 Å². The smallest absolute Gasteiger partial charge is 0.0108 e.